The van der Waals surface area contributed by atoms with E-state index < -0.39 is 0 Å². The maximum absolute atomic E-state index is 5.51. The van der Waals surface area contributed by atoms with Crippen LogP contribution >= 0.6 is 0 Å². The molecule has 0 saturated heterocycles. The van der Waals surface area contributed by atoms with Crippen molar-refractivity contribution >= 4 is 0 Å². The second-order valence-electron chi connectivity index (χ2n) is 3.09. The summed E-state index contributed by atoms with van der Waals surface area (Å²) in [4.78, 5) is 4.06. The van der Waals surface area contributed by atoms with E-state index in [0.29, 0.717) is 6.54 Å². The van der Waals surface area contributed by atoms with Gasteiger partial charge in [-0.2, -0.15) is 5.10 Å². The Balaban J connectivity index is 2.39. The summed E-state index contributed by atoms with van der Waals surface area (Å²) in [6.45, 7) is 2.49. The van der Waals surface area contributed by atoms with Gasteiger partial charge in [-0.3, -0.25) is 0 Å². The van der Waals surface area contributed by atoms with Crippen LogP contribution in [0.3, 0.4) is 0 Å². The number of rotatable bonds is 2. The average Bonchev–Trinajstić information content (AvgIpc) is 2.65. The summed E-state index contributed by atoms with van der Waals surface area (Å²) < 4.78 is 1.79. The van der Waals surface area contributed by atoms with E-state index >= 15 is 0 Å². The van der Waals surface area contributed by atoms with Crippen molar-refractivity contribution in [3.05, 3.63) is 42.0 Å². The predicted molar refractivity (Wildman–Crippen MR) is 54.0 cm³/mol. The van der Waals surface area contributed by atoms with Gasteiger partial charge in [0.25, 0.3) is 0 Å². The van der Waals surface area contributed by atoms with Crippen molar-refractivity contribution in [1.29, 1.82) is 0 Å². The van der Waals surface area contributed by atoms with Crippen LogP contribution in [-0.2, 0) is 6.54 Å². The first kappa shape index (κ1) is 8.90. The maximum Gasteiger partial charge on any atom is 0.138 e. The summed E-state index contributed by atoms with van der Waals surface area (Å²) >= 11 is 0. The molecule has 2 N–H and O–H groups in total. The molecule has 0 saturated carbocycles. The van der Waals surface area contributed by atoms with Gasteiger partial charge in [-0.25, -0.2) is 9.67 Å². The van der Waals surface area contributed by atoms with Gasteiger partial charge in [0, 0.05) is 6.54 Å². The molecule has 0 aliphatic heterocycles. The Morgan fingerprint density at radius 3 is 2.50 bits per heavy atom. The molecule has 0 radical (unpaired) electrons. The minimum Gasteiger partial charge on any atom is -0.326 e. The normalized spacial score (nSPS) is 10.4. The number of nitrogens with zero attached hydrogens (tertiary/aromatic N) is 3. The third-order valence-corrected chi connectivity index (χ3v) is 2.13. The van der Waals surface area contributed by atoms with E-state index in [1.807, 2.05) is 31.2 Å². The largest absolute Gasteiger partial charge is 0.326 e. The fourth-order valence-corrected chi connectivity index (χ4v) is 1.33. The van der Waals surface area contributed by atoms with Gasteiger partial charge in [-0.15, -0.1) is 0 Å². The van der Waals surface area contributed by atoms with E-state index in [1.54, 1.807) is 11.0 Å². The molecule has 0 amide bonds. The second-order valence-corrected chi connectivity index (χ2v) is 3.09. The van der Waals surface area contributed by atoms with Crippen molar-refractivity contribution in [2.45, 2.75) is 13.5 Å². The minimum atomic E-state index is 0.566. The van der Waals surface area contributed by atoms with Crippen molar-refractivity contribution in [2.24, 2.45) is 5.73 Å². The zero-order valence-corrected chi connectivity index (χ0v) is 8.01. The van der Waals surface area contributed by atoms with Crippen molar-refractivity contribution in [3.63, 3.8) is 0 Å². The molecule has 4 heteroatoms. The van der Waals surface area contributed by atoms with Crippen LogP contribution in [0.15, 0.2) is 30.6 Å². The Kier molecular flexibility index (Phi) is 2.28. The molecular formula is C10H12N4. The third-order valence-electron chi connectivity index (χ3n) is 2.13. The second kappa shape index (κ2) is 3.59. The SMILES string of the molecule is Cc1ncnn1-c1ccc(CN)cc1. The van der Waals surface area contributed by atoms with Crippen molar-refractivity contribution in [1.82, 2.24) is 14.8 Å². The molecule has 1 aromatic heterocycles. The van der Waals surface area contributed by atoms with Gasteiger partial charge in [0.05, 0.1) is 5.69 Å². The minimum absolute atomic E-state index is 0.566. The summed E-state index contributed by atoms with van der Waals surface area (Å²) in [6.07, 6.45) is 1.55. The lowest BCUT2D eigenvalue weighted by molar-refractivity contribution is 0.839. The number of aromatic nitrogens is 3. The molecule has 4 nitrogen and oxygen atoms in total. The predicted octanol–water partition coefficient (Wildman–Crippen LogP) is 1.03. The lowest BCUT2D eigenvalue weighted by Crippen LogP contribution is -2.00. The zero-order valence-electron chi connectivity index (χ0n) is 8.01. The summed E-state index contributed by atoms with van der Waals surface area (Å²) in [5.74, 6) is 0.880. The van der Waals surface area contributed by atoms with Gasteiger partial charge >= 0.3 is 0 Å². The number of hydrogen-bond donors (Lipinski definition) is 1. The molecule has 0 aliphatic rings. The van der Waals surface area contributed by atoms with Crippen LogP contribution in [-0.4, -0.2) is 14.8 Å². The van der Waals surface area contributed by atoms with Crippen LogP contribution in [0.1, 0.15) is 11.4 Å². The molecule has 1 aromatic carbocycles. The number of nitrogens with two attached hydrogens (primary N) is 1. The first-order valence-electron chi connectivity index (χ1n) is 4.47. The van der Waals surface area contributed by atoms with Crippen LogP contribution in [0.25, 0.3) is 5.69 Å². The first-order chi connectivity index (χ1) is 6.81. The van der Waals surface area contributed by atoms with Crippen LogP contribution in [0.5, 0.6) is 0 Å². The molecule has 0 atom stereocenters. The summed E-state index contributed by atoms with van der Waals surface area (Å²) in [7, 11) is 0. The number of benzene rings is 1. The Labute approximate surface area is 82.4 Å². The van der Waals surface area contributed by atoms with Gasteiger partial charge in [-0.05, 0) is 24.6 Å². The van der Waals surface area contributed by atoms with E-state index in [1.165, 1.54) is 0 Å². The molecule has 0 fully saturated rings. The van der Waals surface area contributed by atoms with Gasteiger partial charge in [0.2, 0.25) is 0 Å². The number of hydrogen-bond acceptors (Lipinski definition) is 3. The molecule has 0 bridgehead atoms. The molecule has 0 unspecified atom stereocenters. The highest BCUT2D eigenvalue weighted by Gasteiger charge is 2.00. The lowest BCUT2D eigenvalue weighted by Gasteiger charge is -2.03. The van der Waals surface area contributed by atoms with Crippen LogP contribution < -0.4 is 5.73 Å². The van der Waals surface area contributed by atoms with E-state index in [-0.39, 0.29) is 0 Å². The highest BCUT2D eigenvalue weighted by Crippen LogP contribution is 2.09. The Morgan fingerprint density at radius 1 is 1.29 bits per heavy atom. The molecule has 2 aromatic rings. The topological polar surface area (TPSA) is 56.7 Å². The first-order valence-corrected chi connectivity index (χ1v) is 4.47. The van der Waals surface area contributed by atoms with Gasteiger partial charge in [-0.1, -0.05) is 12.1 Å². The number of aryl methyl sites for hydroxylation is 1. The van der Waals surface area contributed by atoms with Crippen molar-refractivity contribution < 1.29 is 0 Å². The molecule has 72 valence electrons. The summed E-state index contributed by atoms with van der Waals surface area (Å²) in [5, 5.41) is 4.12. The molecule has 0 spiro atoms. The lowest BCUT2D eigenvalue weighted by atomic mass is 10.2. The van der Waals surface area contributed by atoms with Gasteiger partial charge < -0.3 is 5.73 Å². The quantitative estimate of drug-likeness (QED) is 0.766. The van der Waals surface area contributed by atoms with Crippen molar-refractivity contribution in [3.8, 4) is 5.69 Å². The molecule has 2 rings (SSSR count). The standard InChI is InChI=1S/C10H12N4/c1-8-12-7-13-14(8)10-4-2-9(6-11)3-5-10/h2-5,7H,6,11H2,1H3. The van der Waals surface area contributed by atoms with E-state index in [2.05, 4.69) is 10.1 Å². The van der Waals surface area contributed by atoms with Gasteiger partial charge in [0.1, 0.15) is 12.2 Å². The highest BCUT2D eigenvalue weighted by atomic mass is 15.3. The zero-order chi connectivity index (χ0) is 9.97. The van der Waals surface area contributed by atoms with E-state index in [4.69, 9.17) is 5.73 Å². The Bertz CT molecular complexity index is 416. The van der Waals surface area contributed by atoms with Crippen LogP contribution in [0.4, 0.5) is 0 Å². The molecule has 1 heterocycles. The maximum atomic E-state index is 5.51. The van der Waals surface area contributed by atoms with Crippen LogP contribution in [0.2, 0.25) is 0 Å². The fourth-order valence-electron chi connectivity index (χ4n) is 1.33. The third kappa shape index (κ3) is 1.52. The summed E-state index contributed by atoms with van der Waals surface area (Å²) in [6, 6.07) is 7.97. The molecule has 14 heavy (non-hydrogen) atoms. The Morgan fingerprint density at radius 2 is 2.00 bits per heavy atom. The average molecular weight is 188 g/mol. The van der Waals surface area contributed by atoms with E-state index in [9.17, 15) is 0 Å². The van der Waals surface area contributed by atoms with Gasteiger partial charge in [0.15, 0.2) is 0 Å². The van der Waals surface area contributed by atoms with Crippen LogP contribution in [0, 0.1) is 6.92 Å². The monoisotopic (exact) mass is 188 g/mol. The highest BCUT2D eigenvalue weighted by molar-refractivity contribution is 5.34. The van der Waals surface area contributed by atoms with Crippen molar-refractivity contribution in [2.75, 3.05) is 0 Å². The molecule has 0 aliphatic carbocycles. The van der Waals surface area contributed by atoms with E-state index in [0.717, 1.165) is 17.1 Å². The Hall–Kier alpha value is -1.68. The molecular weight excluding hydrogens is 176 g/mol. The smallest absolute Gasteiger partial charge is 0.138 e. The summed E-state index contributed by atoms with van der Waals surface area (Å²) in [5.41, 5.74) is 7.64. The fraction of sp³-hybridized carbons (Fsp3) is 0.200.